The first-order chi connectivity index (χ1) is 6.19. The van der Waals surface area contributed by atoms with Crippen LogP contribution in [0.2, 0.25) is 0 Å². The molecule has 0 saturated carbocycles. The predicted octanol–water partition coefficient (Wildman–Crippen LogP) is -0.223. The molecule has 0 heterocycles. The number of nitrogens with two attached hydrogens (primary N) is 2. The maximum Gasteiger partial charge on any atom is 0.302 e. The second kappa shape index (κ2) is 4.41. The van der Waals surface area contributed by atoms with Crippen molar-refractivity contribution in [2.24, 2.45) is 17.4 Å². The van der Waals surface area contributed by atoms with Crippen molar-refractivity contribution in [1.29, 1.82) is 0 Å². The molecule has 0 radical (unpaired) electrons. The standard InChI is InChI=1S/C9H18N2O3/c1-5(2)7(14-6(3)12)9(4,11)8(10)13/h5,7H,11H2,1-4H3,(H2,10,13). The minimum Gasteiger partial charge on any atom is -0.460 e. The summed E-state index contributed by atoms with van der Waals surface area (Å²) in [4.78, 5) is 21.9. The minimum absolute atomic E-state index is 0.0681. The van der Waals surface area contributed by atoms with Gasteiger partial charge in [0.2, 0.25) is 5.91 Å². The molecule has 2 atom stereocenters. The molecule has 0 aliphatic heterocycles. The fraction of sp³-hybridized carbons (Fsp3) is 0.778. The number of esters is 1. The molecule has 4 N–H and O–H groups in total. The lowest BCUT2D eigenvalue weighted by Gasteiger charge is -2.33. The Morgan fingerprint density at radius 1 is 1.36 bits per heavy atom. The Labute approximate surface area is 83.8 Å². The van der Waals surface area contributed by atoms with Gasteiger partial charge in [0.25, 0.3) is 0 Å². The highest BCUT2D eigenvalue weighted by molar-refractivity contribution is 5.85. The van der Waals surface area contributed by atoms with Gasteiger partial charge >= 0.3 is 5.97 Å². The van der Waals surface area contributed by atoms with Crippen molar-refractivity contribution in [3.63, 3.8) is 0 Å². The van der Waals surface area contributed by atoms with Gasteiger partial charge in [0.05, 0.1) is 0 Å². The maximum atomic E-state index is 11.1. The minimum atomic E-state index is -1.33. The zero-order chi connectivity index (χ0) is 11.5. The quantitative estimate of drug-likeness (QED) is 0.616. The second-order valence-corrected chi connectivity index (χ2v) is 3.92. The molecule has 0 aliphatic carbocycles. The summed E-state index contributed by atoms with van der Waals surface area (Å²) in [7, 11) is 0. The van der Waals surface area contributed by atoms with Gasteiger partial charge in [-0.3, -0.25) is 9.59 Å². The number of ether oxygens (including phenoxy) is 1. The summed E-state index contributed by atoms with van der Waals surface area (Å²) in [5.41, 5.74) is 9.50. The number of hydrogen-bond donors (Lipinski definition) is 2. The van der Waals surface area contributed by atoms with Crippen LogP contribution < -0.4 is 11.5 Å². The highest BCUT2D eigenvalue weighted by Gasteiger charge is 2.40. The van der Waals surface area contributed by atoms with E-state index < -0.39 is 23.5 Å². The summed E-state index contributed by atoms with van der Waals surface area (Å²) in [6.07, 6.45) is -0.697. The summed E-state index contributed by atoms with van der Waals surface area (Å²) in [5.74, 6) is -1.22. The van der Waals surface area contributed by atoms with Crippen LogP contribution in [0, 0.1) is 5.92 Å². The van der Waals surface area contributed by atoms with Crippen LogP contribution in [0.5, 0.6) is 0 Å². The molecule has 5 heteroatoms. The molecule has 0 fully saturated rings. The number of carbonyl (C=O) groups excluding carboxylic acids is 2. The van der Waals surface area contributed by atoms with Gasteiger partial charge in [-0.05, 0) is 12.8 Å². The molecule has 0 rings (SSSR count). The smallest absolute Gasteiger partial charge is 0.302 e. The summed E-state index contributed by atoms with van der Waals surface area (Å²) in [5, 5.41) is 0. The lowest BCUT2D eigenvalue weighted by molar-refractivity contribution is -0.155. The first-order valence-corrected chi connectivity index (χ1v) is 4.45. The van der Waals surface area contributed by atoms with E-state index in [1.54, 1.807) is 0 Å². The molecule has 82 valence electrons. The average Bonchev–Trinajstić information content (AvgIpc) is 1.98. The van der Waals surface area contributed by atoms with Gasteiger partial charge in [-0.25, -0.2) is 0 Å². The molecule has 5 nitrogen and oxygen atoms in total. The topological polar surface area (TPSA) is 95.4 Å². The normalized spacial score (nSPS) is 17.3. The number of carbonyl (C=O) groups is 2. The van der Waals surface area contributed by atoms with Gasteiger partial charge in [0.1, 0.15) is 11.6 Å². The van der Waals surface area contributed by atoms with Crippen molar-refractivity contribution >= 4 is 11.9 Å². The Morgan fingerprint density at radius 2 is 1.79 bits per heavy atom. The lowest BCUT2D eigenvalue weighted by atomic mass is 9.87. The van der Waals surface area contributed by atoms with Gasteiger partial charge in [-0.15, -0.1) is 0 Å². The van der Waals surface area contributed by atoms with Crippen LogP contribution >= 0.6 is 0 Å². The number of primary amides is 1. The van der Waals surface area contributed by atoms with E-state index in [4.69, 9.17) is 16.2 Å². The Kier molecular flexibility index (Phi) is 4.07. The second-order valence-electron chi connectivity index (χ2n) is 3.92. The van der Waals surface area contributed by atoms with Crippen LogP contribution in [0.15, 0.2) is 0 Å². The molecule has 14 heavy (non-hydrogen) atoms. The van der Waals surface area contributed by atoms with Crippen molar-refractivity contribution in [2.75, 3.05) is 0 Å². The van der Waals surface area contributed by atoms with Gasteiger partial charge < -0.3 is 16.2 Å². The number of amides is 1. The van der Waals surface area contributed by atoms with Crippen LogP contribution in [0.4, 0.5) is 0 Å². The molecular weight excluding hydrogens is 184 g/mol. The fourth-order valence-corrected chi connectivity index (χ4v) is 1.27. The highest BCUT2D eigenvalue weighted by atomic mass is 16.5. The summed E-state index contributed by atoms with van der Waals surface area (Å²) in [6.45, 7) is 6.35. The molecule has 2 unspecified atom stereocenters. The summed E-state index contributed by atoms with van der Waals surface area (Å²) < 4.78 is 4.97. The first-order valence-electron chi connectivity index (χ1n) is 4.45. The lowest BCUT2D eigenvalue weighted by Crippen LogP contribution is -2.60. The van der Waals surface area contributed by atoms with E-state index >= 15 is 0 Å². The largest absolute Gasteiger partial charge is 0.460 e. The molecule has 0 spiro atoms. The third-order valence-electron chi connectivity index (χ3n) is 2.02. The van der Waals surface area contributed by atoms with Crippen LogP contribution in [-0.4, -0.2) is 23.5 Å². The molecule has 0 bridgehead atoms. The number of rotatable bonds is 4. The van der Waals surface area contributed by atoms with Crippen molar-refractivity contribution in [3.05, 3.63) is 0 Å². The van der Waals surface area contributed by atoms with Crippen LogP contribution in [0.3, 0.4) is 0 Å². The van der Waals surface area contributed by atoms with E-state index in [1.807, 2.05) is 13.8 Å². The monoisotopic (exact) mass is 202 g/mol. The Bertz CT molecular complexity index is 236. The van der Waals surface area contributed by atoms with Crippen molar-refractivity contribution in [3.8, 4) is 0 Å². The Morgan fingerprint density at radius 3 is 2.00 bits per heavy atom. The molecular formula is C9H18N2O3. The van der Waals surface area contributed by atoms with E-state index in [0.29, 0.717) is 0 Å². The van der Waals surface area contributed by atoms with Crippen molar-refractivity contribution in [2.45, 2.75) is 39.3 Å². The summed E-state index contributed by atoms with van der Waals surface area (Å²) in [6, 6.07) is 0. The number of hydrogen-bond acceptors (Lipinski definition) is 4. The van der Waals surface area contributed by atoms with Gasteiger partial charge in [-0.2, -0.15) is 0 Å². The van der Waals surface area contributed by atoms with Crippen LogP contribution in [-0.2, 0) is 14.3 Å². The van der Waals surface area contributed by atoms with Gasteiger partial charge in [-0.1, -0.05) is 13.8 Å². The van der Waals surface area contributed by atoms with Gasteiger partial charge in [0, 0.05) is 6.92 Å². The SMILES string of the molecule is CC(=O)OC(C(C)C)C(C)(N)C(N)=O. The maximum absolute atomic E-state index is 11.1. The fourth-order valence-electron chi connectivity index (χ4n) is 1.27. The van der Waals surface area contributed by atoms with E-state index in [9.17, 15) is 9.59 Å². The first kappa shape index (κ1) is 12.9. The molecule has 0 aliphatic rings. The Balaban J connectivity index is 4.81. The molecule has 0 saturated heterocycles. The molecule has 1 amide bonds. The van der Waals surface area contributed by atoms with Crippen LogP contribution in [0.1, 0.15) is 27.7 Å². The van der Waals surface area contributed by atoms with Crippen molar-refractivity contribution in [1.82, 2.24) is 0 Å². The average molecular weight is 202 g/mol. The Hall–Kier alpha value is -1.10. The third-order valence-corrected chi connectivity index (χ3v) is 2.02. The van der Waals surface area contributed by atoms with E-state index in [0.717, 1.165) is 0 Å². The third kappa shape index (κ3) is 2.99. The van der Waals surface area contributed by atoms with E-state index in [-0.39, 0.29) is 5.92 Å². The van der Waals surface area contributed by atoms with E-state index in [2.05, 4.69) is 0 Å². The molecule has 0 aromatic heterocycles. The summed E-state index contributed by atoms with van der Waals surface area (Å²) >= 11 is 0. The highest BCUT2D eigenvalue weighted by Crippen LogP contribution is 2.18. The van der Waals surface area contributed by atoms with E-state index in [1.165, 1.54) is 13.8 Å². The molecule has 0 aromatic rings. The predicted molar refractivity (Wildman–Crippen MR) is 52.2 cm³/mol. The van der Waals surface area contributed by atoms with Crippen LogP contribution in [0.25, 0.3) is 0 Å². The molecule has 0 aromatic carbocycles. The van der Waals surface area contributed by atoms with Gasteiger partial charge in [0.15, 0.2) is 0 Å². The zero-order valence-corrected chi connectivity index (χ0v) is 9.03. The zero-order valence-electron chi connectivity index (χ0n) is 9.03. The van der Waals surface area contributed by atoms with Crippen molar-refractivity contribution < 1.29 is 14.3 Å².